The number of aromatic carboxylic acids is 1. The van der Waals surface area contributed by atoms with E-state index in [4.69, 9.17) is 4.52 Å². The molecule has 0 amide bonds. The topological polar surface area (TPSA) is 125 Å². The zero-order valence-corrected chi connectivity index (χ0v) is 22.0. The van der Waals surface area contributed by atoms with Crippen molar-refractivity contribution in [1.82, 2.24) is 5.16 Å². The van der Waals surface area contributed by atoms with Crippen molar-refractivity contribution in [3.05, 3.63) is 89.1 Å². The van der Waals surface area contributed by atoms with Crippen molar-refractivity contribution in [2.45, 2.75) is 44.8 Å². The molecule has 2 heterocycles. The Morgan fingerprint density at radius 3 is 2.47 bits per heavy atom. The van der Waals surface area contributed by atoms with E-state index >= 15 is 0 Å². The molecule has 196 valence electrons. The molecular weight excluding hydrogens is 504 g/mol. The summed E-state index contributed by atoms with van der Waals surface area (Å²) in [5.74, 6) is -0.874. The lowest BCUT2D eigenvalue weighted by atomic mass is 10.0. The first kappa shape index (κ1) is 25.3. The number of hydrogen-bond donors (Lipinski definition) is 3. The number of carbonyl (C=O) groups is 1. The highest BCUT2D eigenvalue weighted by atomic mass is 32.2. The van der Waals surface area contributed by atoms with E-state index in [1.165, 1.54) is 0 Å². The Morgan fingerprint density at radius 2 is 1.82 bits per heavy atom. The number of sulfonamides is 1. The smallest absolute Gasteiger partial charge is 0.337 e. The number of nitrogens with zero attached hydrogens (tertiary/aromatic N) is 2. The minimum atomic E-state index is -3.94. The van der Waals surface area contributed by atoms with Crippen molar-refractivity contribution < 1.29 is 22.8 Å². The summed E-state index contributed by atoms with van der Waals surface area (Å²) in [6, 6.07) is 19.6. The first-order valence-corrected chi connectivity index (χ1v) is 13.7. The second-order valence-corrected chi connectivity index (χ2v) is 10.9. The Kier molecular flexibility index (Phi) is 6.58. The molecule has 5 rings (SSSR count). The lowest BCUT2D eigenvalue weighted by Gasteiger charge is -2.27. The van der Waals surface area contributed by atoms with Gasteiger partial charge in [0.2, 0.25) is 5.88 Å². The largest absolute Gasteiger partial charge is 0.478 e. The lowest BCUT2D eigenvalue weighted by Crippen LogP contribution is -2.35. The Balaban J connectivity index is 1.43. The summed E-state index contributed by atoms with van der Waals surface area (Å²) in [5.41, 5.74) is 5.23. The van der Waals surface area contributed by atoms with Crippen molar-refractivity contribution in [3.8, 4) is 11.1 Å². The predicted molar refractivity (Wildman–Crippen MR) is 146 cm³/mol. The SMILES string of the molecule is CCC1Nc2cccc(C(=O)O)c2N1Cc1ccc(-c2ccccc2S(=O)(=O)Nc2onc(C)c2C)cc1. The van der Waals surface area contributed by atoms with Gasteiger partial charge in [-0.2, -0.15) is 0 Å². The van der Waals surface area contributed by atoms with Gasteiger partial charge in [0, 0.05) is 17.7 Å². The van der Waals surface area contributed by atoms with E-state index < -0.39 is 16.0 Å². The van der Waals surface area contributed by atoms with Crippen LogP contribution in [-0.4, -0.2) is 30.8 Å². The van der Waals surface area contributed by atoms with Gasteiger partial charge in [-0.25, -0.2) is 17.9 Å². The van der Waals surface area contributed by atoms with Gasteiger partial charge >= 0.3 is 5.97 Å². The van der Waals surface area contributed by atoms with E-state index in [-0.39, 0.29) is 22.5 Å². The quantitative estimate of drug-likeness (QED) is 0.267. The fourth-order valence-corrected chi connectivity index (χ4v) is 5.96. The van der Waals surface area contributed by atoms with Gasteiger partial charge in [-0.1, -0.05) is 60.6 Å². The molecule has 3 N–H and O–H groups in total. The molecule has 0 spiro atoms. The number of aromatic nitrogens is 1. The molecule has 1 aliphatic rings. The highest BCUT2D eigenvalue weighted by Gasteiger charge is 2.31. The lowest BCUT2D eigenvalue weighted by molar-refractivity contribution is 0.0697. The van der Waals surface area contributed by atoms with Gasteiger partial charge in [0.1, 0.15) is 0 Å². The molecule has 0 radical (unpaired) electrons. The molecule has 1 aromatic heterocycles. The minimum Gasteiger partial charge on any atom is -0.478 e. The highest BCUT2D eigenvalue weighted by Crippen LogP contribution is 2.40. The van der Waals surface area contributed by atoms with Crippen LogP contribution in [0.5, 0.6) is 0 Å². The van der Waals surface area contributed by atoms with Gasteiger partial charge in [-0.05, 0) is 49.6 Å². The first-order chi connectivity index (χ1) is 18.2. The maximum absolute atomic E-state index is 13.3. The van der Waals surface area contributed by atoms with E-state index in [0.29, 0.717) is 29.1 Å². The summed E-state index contributed by atoms with van der Waals surface area (Å²) in [6.45, 7) is 6.03. The average molecular weight is 533 g/mol. The summed E-state index contributed by atoms with van der Waals surface area (Å²) in [5, 5.41) is 17.0. The van der Waals surface area contributed by atoms with Gasteiger partial charge < -0.3 is 19.8 Å². The van der Waals surface area contributed by atoms with Gasteiger partial charge in [0.15, 0.2) is 0 Å². The first-order valence-electron chi connectivity index (χ1n) is 12.2. The van der Waals surface area contributed by atoms with Crippen molar-refractivity contribution in [1.29, 1.82) is 0 Å². The van der Waals surface area contributed by atoms with Crippen LogP contribution in [0.15, 0.2) is 76.1 Å². The van der Waals surface area contributed by atoms with E-state index in [9.17, 15) is 18.3 Å². The number of nitrogens with one attached hydrogen (secondary N) is 2. The summed E-state index contributed by atoms with van der Waals surface area (Å²) in [7, 11) is -3.94. The number of hydrogen-bond acceptors (Lipinski definition) is 7. The van der Waals surface area contributed by atoms with Crippen LogP contribution in [0.4, 0.5) is 17.3 Å². The minimum absolute atomic E-state index is 0.0368. The van der Waals surface area contributed by atoms with Crippen LogP contribution in [0.1, 0.15) is 40.5 Å². The van der Waals surface area contributed by atoms with Gasteiger partial charge in [0.05, 0.1) is 33.7 Å². The van der Waals surface area contributed by atoms with E-state index in [0.717, 1.165) is 23.2 Å². The van der Waals surface area contributed by atoms with Crippen LogP contribution in [0.3, 0.4) is 0 Å². The van der Waals surface area contributed by atoms with Gasteiger partial charge in [-0.3, -0.25) is 0 Å². The monoisotopic (exact) mass is 532 g/mol. The molecule has 4 aromatic rings. The van der Waals surface area contributed by atoms with E-state index in [1.807, 2.05) is 37.3 Å². The number of fused-ring (bicyclic) bond motifs is 1. The Hall–Kier alpha value is -4.31. The van der Waals surface area contributed by atoms with Crippen LogP contribution < -0.4 is 14.9 Å². The van der Waals surface area contributed by atoms with Crippen molar-refractivity contribution >= 4 is 33.3 Å². The Bertz CT molecular complexity index is 1610. The molecule has 1 aliphatic heterocycles. The maximum atomic E-state index is 13.3. The molecule has 10 heteroatoms. The molecule has 1 atom stereocenters. The molecule has 0 fully saturated rings. The van der Waals surface area contributed by atoms with E-state index in [2.05, 4.69) is 20.1 Å². The Labute approximate surface area is 221 Å². The maximum Gasteiger partial charge on any atom is 0.337 e. The van der Waals surface area contributed by atoms with Gasteiger partial charge in [0.25, 0.3) is 10.0 Å². The molecule has 0 saturated heterocycles. The third kappa shape index (κ3) is 4.58. The number of para-hydroxylation sites is 1. The number of carboxylic acids is 1. The number of rotatable bonds is 8. The van der Waals surface area contributed by atoms with Crippen molar-refractivity contribution in [3.63, 3.8) is 0 Å². The van der Waals surface area contributed by atoms with Crippen LogP contribution >= 0.6 is 0 Å². The van der Waals surface area contributed by atoms with Crippen molar-refractivity contribution in [2.75, 3.05) is 14.9 Å². The number of carboxylic acid groups (broad SMARTS) is 1. The van der Waals surface area contributed by atoms with Crippen LogP contribution in [0, 0.1) is 13.8 Å². The summed E-state index contributed by atoms with van der Waals surface area (Å²) < 4.78 is 34.2. The predicted octanol–water partition coefficient (Wildman–Crippen LogP) is 5.63. The molecule has 9 nitrogen and oxygen atoms in total. The summed E-state index contributed by atoms with van der Waals surface area (Å²) in [6.07, 6.45) is 0.749. The van der Waals surface area contributed by atoms with Gasteiger partial charge in [-0.15, -0.1) is 0 Å². The molecule has 3 aromatic carbocycles. The van der Waals surface area contributed by atoms with Crippen LogP contribution in [0.2, 0.25) is 0 Å². The third-order valence-corrected chi connectivity index (χ3v) is 8.21. The molecule has 0 saturated carbocycles. The van der Waals surface area contributed by atoms with Crippen molar-refractivity contribution in [2.24, 2.45) is 0 Å². The number of benzene rings is 3. The summed E-state index contributed by atoms with van der Waals surface area (Å²) in [4.78, 5) is 14.1. The second-order valence-electron chi connectivity index (χ2n) is 9.22. The number of aryl methyl sites for hydroxylation is 1. The second kappa shape index (κ2) is 9.86. The molecular formula is C28H28N4O5S. The normalized spacial score (nSPS) is 14.7. The fraction of sp³-hybridized carbons (Fsp3) is 0.214. The zero-order chi connectivity index (χ0) is 27.0. The highest BCUT2D eigenvalue weighted by molar-refractivity contribution is 7.92. The standard InChI is InChI=1S/C28H28N4O5S/c1-4-25-29-23-10-7-9-22(28(33)34)26(23)32(25)16-19-12-14-20(15-13-19)21-8-5-6-11-24(21)38(35,36)31-27-17(2)18(3)30-37-27/h5-15,25,29,31H,4,16H2,1-3H3,(H,33,34). The summed E-state index contributed by atoms with van der Waals surface area (Å²) >= 11 is 0. The third-order valence-electron chi connectivity index (χ3n) is 6.82. The van der Waals surface area contributed by atoms with E-state index in [1.54, 1.807) is 50.2 Å². The van der Waals surface area contributed by atoms with Crippen LogP contribution in [-0.2, 0) is 16.6 Å². The fourth-order valence-electron chi connectivity index (χ4n) is 4.68. The average Bonchev–Trinajstić information content (AvgIpc) is 3.43. The van der Waals surface area contributed by atoms with Crippen LogP contribution in [0.25, 0.3) is 11.1 Å². The molecule has 1 unspecified atom stereocenters. The number of anilines is 3. The molecule has 0 aliphatic carbocycles. The zero-order valence-electron chi connectivity index (χ0n) is 21.2. The molecule has 0 bridgehead atoms. The molecule has 38 heavy (non-hydrogen) atoms. The Morgan fingerprint density at radius 1 is 1.08 bits per heavy atom.